The number of rotatable bonds is 5. The van der Waals surface area contributed by atoms with Crippen LogP contribution < -0.4 is 10.6 Å². The normalized spacial score (nSPS) is 26.6. The maximum absolute atomic E-state index is 12.3. The molecule has 4 N–H and O–H groups in total. The second kappa shape index (κ2) is 6.86. The van der Waals surface area contributed by atoms with Gasteiger partial charge in [0, 0.05) is 6.54 Å². The number of carboxylic acid groups (broad SMARTS) is 1. The summed E-state index contributed by atoms with van der Waals surface area (Å²) in [6, 6.07) is -2.30. The smallest absolute Gasteiger partial charge is 0.326 e. The summed E-state index contributed by atoms with van der Waals surface area (Å²) in [6.45, 7) is 0.549. The van der Waals surface area contributed by atoms with Crippen LogP contribution >= 0.6 is 0 Å². The van der Waals surface area contributed by atoms with E-state index in [1.807, 2.05) is 0 Å². The van der Waals surface area contributed by atoms with Crippen molar-refractivity contribution in [2.45, 2.75) is 43.8 Å². The summed E-state index contributed by atoms with van der Waals surface area (Å²) >= 11 is 0. The Morgan fingerprint density at radius 2 is 2.05 bits per heavy atom. The number of hydrogen-bond donors (Lipinski definition) is 4. The number of nitrogens with zero attached hydrogens (tertiary/aromatic N) is 1. The Bertz CT molecular complexity index is 422. The van der Waals surface area contributed by atoms with E-state index in [0.717, 1.165) is 13.0 Å². The zero-order valence-electron chi connectivity index (χ0n) is 11.7. The monoisotopic (exact) mass is 299 g/mol. The quantitative estimate of drug-likeness (QED) is 0.480. The molecule has 8 heteroatoms. The third kappa shape index (κ3) is 3.51. The number of amides is 2. The summed E-state index contributed by atoms with van der Waals surface area (Å²) in [5.41, 5.74) is 0. The number of aliphatic hydroxyl groups is 1. The van der Waals surface area contributed by atoms with E-state index in [2.05, 4.69) is 10.6 Å². The lowest BCUT2D eigenvalue weighted by molar-refractivity contribution is -0.149. The molecule has 3 unspecified atom stereocenters. The van der Waals surface area contributed by atoms with Crippen LogP contribution in [0.4, 0.5) is 0 Å². The minimum atomic E-state index is -1.08. The maximum atomic E-state index is 12.3. The molecular formula is C13H21N3O5. The van der Waals surface area contributed by atoms with Crippen LogP contribution in [0.2, 0.25) is 0 Å². The number of carboxylic acids is 1. The maximum Gasteiger partial charge on any atom is 0.326 e. The van der Waals surface area contributed by atoms with Crippen LogP contribution in [0, 0.1) is 0 Å². The zero-order chi connectivity index (χ0) is 15.4. The highest BCUT2D eigenvalue weighted by atomic mass is 16.4. The number of likely N-dealkylation sites (tertiary alicyclic amines) is 1. The van der Waals surface area contributed by atoms with Gasteiger partial charge < -0.3 is 25.7 Å². The summed E-state index contributed by atoms with van der Waals surface area (Å²) < 4.78 is 0. The van der Waals surface area contributed by atoms with Crippen molar-refractivity contribution in [1.82, 2.24) is 15.5 Å². The second-order valence-electron chi connectivity index (χ2n) is 5.42. The van der Waals surface area contributed by atoms with E-state index in [1.54, 1.807) is 0 Å². The first-order valence-electron chi connectivity index (χ1n) is 7.22. The van der Waals surface area contributed by atoms with Gasteiger partial charge in [-0.2, -0.15) is 0 Å². The Morgan fingerprint density at radius 1 is 1.29 bits per heavy atom. The second-order valence-corrected chi connectivity index (χ2v) is 5.42. The van der Waals surface area contributed by atoms with E-state index < -0.39 is 30.6 Å². The average Bonchev–Trinajstić information content (AvgIpc) is 3.13. The summed E-state index contributed by atoms with van der Waals surface area (Å²) in [7, 11) is 0. The van der Waals surface area contributed by atoms with Crippen molar-refractivity contribution in [2.24, 2.45) is 0 Å². The van der Waals surface area contributed by atoms with Gasteiger partial charge in [-0.25, -0.2) is 4.79 Å². The molecule has 0 aromatic carbocycles. The van der Waals surface area contributed by atoms with Gasteiger partial charge in [0.2, 0.25) is 11.8 Å². The van der Waals surface area contributed by atoms with E-state index in [-0.39, 0.29) is 11.9 Å². The van der Waals surface area contributed by atoms with Gasteiger partial charge in [0.05, 0.1) is 12.6 Å². The summed E-state index contributed by atoms with van der Waals surface area (Å²) in [5, 5.41) is 23.9. The lowest BCUT2D eigenvalue weighted by atomic mass is 10.1. The zero-order valence-corrected chi connectivity index (χ0v) is 11.7. The molecule has 2 saturated heterocycles. The fourth-order valence-electron chi connectivity index (χ4n) is 2.85. The largest absolute Gasteiger partial charge is 0.480 e. The van der Waals surface area contributed by atoms with E-state index in [1.165, 1.54) is 4.90 Å². The third-order valence-electron chi connectivity index (χ3n) is 3.99. The van der Waals surface area contributed by atoms with E-state index in [0.29, 0.717) is 25.8 Å². The SMILES string of the molecule is O=C(NC(CO)C(=O)N1CCCC1C(=O)O)C1CCCN1. The van der Waals surface area contributed by atoms with Gasteiger partial charge in [0.25, 0.3) is 0 Å². The van der Waals surface area contributed by atoms with Crippen LogP contribution in [0.3, 0.4) is 0 Å². The van der Waals surface area contributed by atoms with Gasteiger partial charge in [-0.15, -0.1) is 0 Å². The average molecular weight is 299 g/mol. The third-order valence-corrected chi connectivity index (χ3v) is 3.99. The first kappa shape index (κ1) is 15.7. The van der Waals surface area contributed by atoms with E-state index >= 15 is 0 Å². The van der Waals surface area contributed by atoms with Crippen LogP contribution in [0.1, 0.15) is 25.7 Å². The fraction of sp³-hybridized carbons (Fsp3) is 0.769. The predicted molar refractivity (Wildman–Crippen MR) is 72.4 cm³/mol. The van der Waals surface area contributed by atoms with Crippen LogP contribution in [0.15, 0.2) is 0 Å². The van der Waals surface area contributed by atoms with Crippen molar-refractivity contribution >= 4 is 17.8 Å². The standard InChI is InChI=1S/C13H21N3O5/c17-7-9(15-11(18)8-3-1-5-14-8)12(19)16-6-2-4-10(16)13(20)21/h8-10,14,17H,1-7H2,(H,15,18)(H,20,21). The molecule has 2 amide bonds. The minimum Gasteiger partial charge on any atom is -0.480 e. The minimum absolute atomic E-state index is 0.328. The molecular weight excluding hydrogens is 278 g/mol. The van der Waals surface area contributed by atoms with Crippen molar-refractivity contribution < 1.29 is 24.6 Å². The summed E-state index contributed by atoms with van der Waals surface area (Å²) in [4.78, 5) is 36.6. The van der Waals surface area contributed by atoms with Crippen molar-refractivity contribution in [1.29, 1.82) is 0 Å². The van der Waals surface area contributed by atoms with Gasteiger partial charge >= 0.3 is 5.97 Å². The molecule has 2 heterocycles. The molecule has 118 valence electrons. The highest BCUT2D eigenvalue weighted by Crippen LogP contribution is 2.18. The molecule has 0 aromatic rings. The van der Waals surface area contributed by atoms with Gasteiger partial charge in [0.1, 0.15) is 12.1 Å². The van der Waals surface area contributed by atoms with Crippen LogP contribution in [0.25, 0.3) is 0 Å². The number of carbonyl (C=O) groups excluding carboxylic acids is 2. The lowest BCUT2D eigenvalue weighted by Gasteiger charge is -2.27. The van der Waals surface area contributed by atoms with Crippen molar-refractivity contribution in [3.05, 3.63) is 0 Å². The van der Waals surface area contributed by atoms with Gasteiger partial charge in [0.15, 0.2) is 0 Å². The van der Waals surface area contributed by atoms with Crippen LogP contribution in [-0.2, 0) is 14.4 Å². The molecule has 2 aliphatic rings. The van der Waals surface area contributed by atoms with Crippen LogP contribution in [0.5, 0.6) is 0 Å². The van der Waals surface area contributed by atoms with Crippen molar-refractivity contribution in [2.75, 3.05) is 19.7 Å². The first-order chi connectivity index (χ1) is 10.0. The number of nitrogens with one attached hydrogen (secondary N) is 2. The molecule has 2 aliphatic heterocycles. The Labute approximate surface area is 122 Å². The molecule has 0 bridgehead atoms. The number of hydrogen-bond acceptors (Lipinski definition) is 5. The molecule has 0 spiro atoms. The molecule has 21 heavy (non-hydrogen) atoms. The molecule has 3 atom stereocenters. The molecule has 2 fully saturated rings. The first-order valence-corrected chi connectivity index (χ1v) is 7.22. The molecule has 0 saturated carbocycles. The predicted octanol–water partition coefficient (Wildman–Crippen LogP) is -1.71. The molecule has 8 nitrogen and oxygen atoms in total. The number of aliphatic carboxylic acids is 1. The van der Waals surface area contributed by atoms with E-state index in [4.69, 9.17) is 5.11 Å². The fourth-order valence-corrected chi connectivity index (χ4v) is 2.85. The topological polar surface area (TPSA) is 119 Å². The number of carbonyl (C=O) groups is 3. The Hall–Kier alpha value is -1.67. The van der Waals surface area contributed by atoms with E-state index in [9.17, 15) is 19.5 Å². The van der Waals surface area contributed by atoms with Crippen molar-refractivity contribution in [3.8, 4) is 0 Å². The Morgan fingerprint density at radius 3 is 2.62 bits per heavy atom. The van der Waals surface area contributed by atoms with Gasteiger partial charge in [-0.05, 0) is 32.2 Å². The number of aliphatic hydroxyl groups excluding tert-OH is 1. The van der Waals surface area contributed by atoms with Crippen LogP contribution in [-0.4, -0.2) is 70.7 Å². The van der Waals surface area contributed by atoms with Gasteiger partial charge in [-0.1, -0.05) is 0 Å². The lowest BCUT2D eigenvalue weighted by Crippen LogP contribution is -2.55. The summed E-state index contributed by atoms with van der Waals surface area (Å²) in [6.07, 6.45) is 2.60. The highest BCUT2D eigenvalue weighted by Gasteiger charge is 2.38. The molecule has 0 radical (unpaired) electrons. The van der Waals surface area contributed by atoms with Crippen molar-refractivity contribution in [3.63, 3.8) is 0 Å². The molecule has 2 rings (SSSR count). The van der Waals surface area contributed by atoms with Gasteiger partial charge in [-0.3, -0.25) is 9.59 Å². The molecule has 0 aliphatic carbocycles. The summed E-state index contributed by atoms with van der Waals surface area (Å²) in [5.74, 6) is -1.92. The molecule has 0 aromatic heterocycles. The Kier molecular flexibility index (Phi) is 5.13. The Balaban J connectivity index is 1.97. The highest BCUT2D eigenvalue weighted by molar-refractivity contribution is 5.92.